The molecule has 1 saturated carbocycles. The molecular formula is C28H29N3O3. The van der Waals surface area contributed by atoms with Crippen LogP contribution in [0, 0.1) is 0 Å². The minimum atomic E-state index is 0.0922. The molecule has 4 aromatic rings. The van der Waals surface area contributed by atoms with Gasteiger partial charge in [0.15, 0.2) is 0 Å². The second kappa shape index (κ2) is 9.59. The molecule has 6 nitrogen and oxygen atoms in total. The van der Waals surface area contributed by atoms with E-state index < -0.39 is 0 Å². The van der Waals surface area contributed by atoms with Crippen molar-refractivity contribution in [1.82, 2.24) is 14.7 Å². The van der Waals surface area contributed by atoms with E-state index in [4.69, 9.17) is 14.5 Å². The highest BCUT2D eigenvalue weighted by Crippen LogP contribution is 2.31. The lowest BCUT2D eigenvalue weighted by Crippen LogP contribution is -2.25. The molecule has 0 radical (unpaired) electrons. The van der Waals surface area contributed by atoms with Gasteiger partial charge in [0.25, 0.3) is 0 Å². The largest absolute Gasteiger partial charge is 0.497 e. The molecule has 1 aliphatic rings. The quantitative estimate of drug-likeness (QED) is 0.373. The van der Waals surface area contributed by atoms with Gasteiger partial charge in [-0.05, 0) is 73.7 Å². The van der Waals surface area contributed by atoms with Crippen molar-refractivity contribution >= 4 is 11.6 Å². The summed E-state index contributed by atoms with van der Waals surface area (Å²) < 4.78 is 13.2. The molecule has 1 amide bonds. The number of hydrogen-bond donors (Lipinski definition) is 1. The molecule has 2 aromatic carbocycles. The van der Waals surface area contributed by atoms with Gasteiger partial charge >= 0.3 is 0 Å². The number of nitrogens with zero attached hydrogens (tertiary/aromatic N) is 2. The van der Waals surface area contributed by atoms with Gasteiger partial charge in [-0.25, -0.2) is 4.98 Å². The first-order valence-electron chi connectivity index (χ1n) is 11.8. The van der Waals surface area contributed by atoms with Gasteiger partial charge in [-0.2, -0.15) is 0 Å². The smallest absolute Gasteiger partial charge is 0.220 e. The summed E-state index contributed by atoms with van der Waals surface area (Å²) in [4.78, 5) is 17.4. The van der Waals surface area contributed by atoms with Gasteiger partial charge < -0.3 is 19.2 Å². The third-order valence-electron chi connectivity index (χ3n) is 6.07. The number of aryl methyl sites for hydroxylation is 1. The maximum Gasteiger partial charge on any atom is 0.220 e. The summed E-state index contributed by atoms with van der Waals surface area (Å²) in [5.41, 5.74) is 5.84. The molecule has 1 fully saturated rings. The van der Waals surface area contributed by atoms with Crippen molar-refractivity contribution in [2.75, 3.05) is 13.7 Å². The van der Waals surface area contributed by atoms with Crippen LogP contribution in [0.3, 0.4) is 0 Å². The van der Waals surface area contributed by atoms with Crippen molar-refractivity contribution in [3.05, 3.63) is 72.6 Å². The number of benzene rings is 2. The minimum Gasteiger partial charge on any atom is -0.497 e. The first-order chi connectivity index (χ1) is 16.6. The molecule has 2 heterocycles. The van der Waals surface area contributed by atoms with Gasteiger partial charge in [-0.15, -0.1) is 0 Å². The zero-order valence-corrected chi connectivity index (χ0v) is 19.6. The van der Waals surface area contributed by atoms with Crippen LogP contribution in [-0.4, -0.2) is 35.1 Å². The SMILES string of the molecule is CCOc1cccc(-c2ccc3nc(-c4cccc(OC)c4)c(CCC(=O)NC4CC4)n3c2)c1. The molecule has 0 spiro atoms. The Bertz CT molecular complexity index is 1320. The van der Waals surface area contributed by atoms with Crippen LogP contribution in [0.25, 0.3) is 28.0 Å². The molecule has 0 bridgehead atoms. The summed E-state index contributed by atoms with van der Waals surface area (Å²) in [6.45, 7) is 2.61. The average molecular weight is 456 g/mol. The molecule has 2 aromatic heterocycles. The van der Waals surface area contributed by atoms with E-state index in [-0.39, 0.29) is 5.91 Å². The summed E-state index contributed by atoms with van der Waals surface area (Å²) >= 11 is 0. The highest BCUT2D eigenvalue weighted by molar-refractivity contribution is 5.78. The summed E-state index contributed by atoms with van der Waals surface area (Å²) in [6.07, 6.45) is 5.28. The Labute approximate surface area is 199 Å². The number of pyridine rings is 1. The topological polar surface area (TPSA) is 64.9 Å². The van der Waals surface area contributed by atoms with Crippen LogP contribution < -0.4 is 14.8 Å². The minimum absolute atomic E-state index is 0.0922. The van der Waals surface area contributed by atoms with E-state index in [0.29, 0.717) is 25.5 Å². The number of carbonyl (C=O) groups excluding carboxylic acids is 1. The number of fused-ring (bicyclic) bond motifs is 1. The highest BCUT2D eigenvalue weighted by atomic mass is 16.5. The molecule has 174 valence electrons. The normalized spacial score (nSPS) is 13.1. The van der Waals surface area contributed by atoms with E-state index in [2.05, 4.69) is 28.0 Å². The van der Waals surface area contributed by atoms with E-state index in [9.17, 15) is 4.79 Å². The highest BCUT2D eigenvalue weighted by Gasteiger charge is 2.24. The number of methoxy groups -OCH3 is 1. The third kappa shape index (κ3) is 4.76. The fourth-order valence-corrected chi connectivity index (χ4v) is 4.20. The van der Waals surface area contributed by atoms with Crippen LogP contribution in [0.2, 0.25) is 0 Å². The molecule has 6 heteroatoms. The number of nitrogens with one attached hydrogen (secondary N) is 1. The summed E-state index contributed by atoms with van der Waals surface area (Å²) in [6, 6.07) is 20.5. The van der Waals surface area contributed by atoms with Crippen molar-refractivity contribution in [2.24, 2.45) is 0 Å². The lowest BCUT2D eigenvalue weighted by atomic mass is 10.1. The van der Waals surface area contributed by atoms with Crippen LogP contribution in [0.1, 0.15) is 31.9 Å². The van der Waals surface area contributed by atoms with Crippen molar-refractivity contribution < 1.29 is 14.3 Å². The van der Waals surface area contributed by atoms with Crippen LogP contribution >= 0.6 is 0 Å². The van der Waals surface area contributed by atoms with E-state index in [1.54, 1.807) is 7.11 Å². The maximum absolute atomic E-state index is 12.5. The zero-order valence-electron chi connectivity index (χ0n) is 19.6. The fraction of sp³-hybridized carbons (Fsp3) is 0.286. The molecule has 5 rings (SSSR count). The lowest BCUT2D eigenvalue weighted by molar-refractivity contribution is -0.121. The maximum atomic E-state index is 12.5. The van der Waals surface area contributed by atoms with Gasteiger partial charge in [0, 0.05) is 24.2 Å². The second-order valence-corrected chi connectivity index (χ2v) is 8.59. The second-order valence-electron chi connectivity index (χ2n) is 8.59. The van der Waals surface area contributed by atoms with E-state index in [0.717, 1.165) is 58.1 Å². The first kappa shape index (κ1) is 22.0. The Morgan fingerprint density at radius 1 is 1.03 bits per heavy atom. The number of amides is 1. The number of rotatable bonds is 9. The average Bonchev–Trinajstić information content (AvgIpc) is 3.60. The van der Waals surface area contributed by atoms with Gasteiger partial charge in [-0.1, -0.05) is 24.3 Å². The lowest BCUT2D eigenvalue weighted by Gasteiger charge is -2.10. The molecule has 0 atom stereocenters. The third-order valence-corrected chi connectivity index (χ3v) is 6.07. The number of hydrogen-bond acceptors (Lipinski definition) is 4. The summed E-state index contributed by atoms with van der Waals surface area (Å²) in [5, 5.41) is 3.09. The van der Waals surface area contributed by atoms with Crippen molar-refractivity contribution in [3.63, 3.8) is 0 Å². The monoisotopic (exact) mass is 455 g/mol. The molecule has 1 aliphatic carbocycles. The van der Waals surface area contributed by atoms with Crippen LogP contribution in [0.15, 0.2) is 66.9 Å². The zero-order chi connectivity index (χ0) is 23.5. The van der Waals surface area contributed by atoms with Crippen molar-refractivity contribution in [1.29, 1.82) is 0 Å². The Morgan fingerprint density at radius 2 is 1.79 bits per heavy atom. The van der Waals surface area contributed by atoms with Gasteiger partial charge in [-0.3, -0.25) is 4.79 Å². The molecule has 0 aliphatic heterocycles. The Kier molecular flexibility index (Phi) is 6.21. The molecule has 0 unspecified atom stereocenters. The van der Waals surface area contributed by atoms with Crippen LogP contribution in [0.4, 0.5) is 0 Å². The number of imidazole rings is 1. The van der Waals surface area contributed by atoms with Crippen LogP contribution in [-0.2, 0) is 11.2 Å². The van der Waals surface area contributed by atoms with Gasteiger partial charge in [0.05, 0.1) is 25.1 Å². The van der Waals surface area contributed by atoms with Crippen LogP contribution in [0.5, 0.6) is 11.5 Å². The van der Waals surface area contributed by atoms with E-state index in [1.165, 1.54) is 0 Å². The standard InChI is InChI=1S/C28H29N3O3/c1-3-34-24-9-4-6-19(16-24)21-10-14-26-30-28(20-7-5-8-23(17-20)33-2)25(31(26)18-21)13-15-27(32)29-22-11-12-22/h4-10,14,16-18,22H,3,11-13,15H2,1-2H3,(H,29,32). The van der Waals surface area contributed by atoms with E-state index >= 15 is 0 Å². The number of aromatic nitrogens is 2. The predicted octanol–water partition coefficient (Wildman–Crippen LogP) is 5.29. The molecule has 0 saturated heterocycles. The predicted molar refractivity (Wildman–Crippen MR) is 133 cm³/mol. The molecular weight excluding hydrogens is 426 g/mol. The fourth-order valence-electron chi connectivity index (χ4n) is 4.20. The molecule has 1 N–H and O–H groups in total. The van der Waals surface area contributed by atoms with Gasteiger partial charge in [0.2, 0.25) is 5.91 Å². The van der Waals surface area contributed by atoms with Crippen molar-refractivity contribution in [3.8, 4) is 33.9 Å². The Balaban J connectivity index is 1.56. The van der Waals surface area contributed by atoms with Gasteiger partial charge in [0.1, 0.15) is 17.1 Å². The van der Waals surface area contributed by atoms with E-state index in [1.807, 2.05) is 55.5 Å². The Hall–Kier alpha value is -3.80. The number of carbonyl (C=O) groups is 1. The summed E-state index contributed by atoms with van der Waals surface area (Å²) in [5.74, 6) is 1.72. The number of ether oxygens (including phenoxy) is 2. The Morgan fingerprint density at radius 3 is 2.56 bits per heavy atom. The summed E-state index contributed by atoms with van der Waals surface area (Å²) in [7, 11) is 1.66. The molecule has 34 heavy (non-hydrogen) atoms. The first-order valence-corrected chi connectivity index (χ1v) is 11.8. The van der Waals surface area contributed by atoms with Crippen molar-refractivity contribution in [2.45, 2.75) is 38.6 Å².